The van der Waals surface area contributed by atoms with Crippen molar-refractivity contribution in [3.05, 3.63) is 0 Å². The minimum atomic E-state index is -1.36. The molecule has 0 radical (unpaired) electrons. The molecule has 0 aromatic carbocycles. The number of fused-ring (bicyclic) bond motifs is 1. The highest BCUT2D eigenvalue weighted by Crippen LogP contribution is 2.37. The molecule has 10 nitrogen and oxygen atoms in total. The van der Waals surface area contributed by atoms with Gasteiger partial charge in [-0.25, -0.2) is 14.6 Å². The van der Waals surface area contributed by atoms with Crippen LogP contribution in [0.4, 0.5) is 5.82 Å². The minimum absolute atomic E-state index is 0.0585. The summed E-state index contributed by atoms with van der Waals surface area (Å²) in [4.78, 5) is 20.5. The van der Waals surface area contributed by atoms with Gasteiger partial charge in [-0.2, -0.15) is 0 Å². The molecular weight excluding hydrogens is 384 g/mol. The second-order valence-corrected chi connectivity index (χ2v) is 8.47. The molecule has 0 aliphatic heterocycles. The number of rotatable bonds is 7. The first-order valence-electron chi connectivity index (χ1n) is 9.60. The van der Waals surface area contributed by atoms with Gasteiger partial charge in [-0.3, -0.25) is 4.79 Å². The van der Waals surface area contributed by atoms with Crippen LogP contribution < -0.4 is 5.32 Å². The maximum absolute atomic E-state index is 11.4. The van der Waals surface area contributed by atoms with E-state index in [-0.39, 0.29) is 6.42 Å². The molecule has 4 N–H and O–H groups in total. The summed E-state index contributed by atoms with van der Waals surface area (Å²) >= 11 is 1.53. The summed E-state index contributed by atoms with van der Waals surface area (Å²) in [6.07, 6.45) is 1.75. The van der Waals surface area contributed by atoms with Crippen molar-refractivity contribution in [1.82, 2.24) is 25.0 Å². The van der Waals surface area contributed by atoms with Crippen molar-refractivity contribution < 1.29 is 20.1 Å². The molecule has 0 unspecified atom stereocenters. The van der Waals surface area contributed by atoms with Crippen LogP contribution >= 0.6 is 11.8 Å². The summed E-state index contributed by atoms with van der Waals surface area (Å²) < 4.78 is 1.44. The molecule has 4 rings (SSSR count). The number of aliphatic carboxylic acids is 1. The van der Waals surface area contributed by atoms with Gasteiger partial charge in [-0.05, 0) is 32.1 Å². The Morgan fingerprint density at radius 3 is 2.68 bits per heavy atom. The number of thioether (sulfide) groups is 1. The Morgan fingerprint density at radius 2 is 2.07 bits per heavy atom. The van der Waals surface area contributed by atoms with Crippen LogP contribution in [0.15, 0.2) is 5.16 Å². The van der Waals surface area contributed by atoms with E-state index < -0.39 is 30.1 Å². The van der Waals surface area contributed by atoms with E-state index in [0.29, 0.717) is 28.2 Å². The van der Waals surface area contributed by atoms with Gasteiger partial charge in [0, 0.05) is 11.8 Å². The fourth-order valence-corrected chi connectivity index (χ4v) is 4.33. The normalized spacial score (nSPS) is 27.8. The van der Waals surface area contributed by atoms with Gasteiger partial charge >= 0.3 is 5.97 Å². The van der Waals surface area contributed by atoms with Crippen LogP contribution in [0.3, 0.4) is 0 Å². The lowest BCUT2D eigenvalue weighted by molar-refractivity contribution is -0.145. The first-order chi connectivity index (χ1) is 13.5. The first-order valence-corrected chi connectivity index (χ1v) is 10.6. The molecule has 152 valence electrons. The number of nitrogens with one attached hydrogen (secondary N) is 1. The van der Waals surface area contributed by atoms with Gasteiger partial charge in [0.1, 0.15) is 6.10 Å². The van der Waals surface area contributed by atoms with Crippen molar-refractivity contribution in [2.24, 2.45) is 5.92 Å². The highest BCUT2D eigenvalue weighted by atomic mass is 32.2. The molecular formula is C17H24N6O4S. The molecule has 11 heteroatoms. The summed E-state index contributed by atoms with van der Waals surface area (Å²) in [5.74, 6) is -0.716. The Labute approximate surface area is 165 Å². The number of anilines is 1. The van der Waals surface area contributed by atoms with Crippen molar-refractivity contribution in [2.45, 2.75) is 68.5 Å². The lowest BCUT2D eigenvalue weighted by atomic mass is 9.93. The third kappa shape index (κ3) is 3.42. The van der Waals surface area contributed by atoms with Crippen molar-refractivity contribution in [2.75, 3.05) is 11.1 Å². The molecule has 2 saturated carbocycles. The number of nitrogens with zero attached hydrogens (tertiary/aromatic N) is 5. The van der Waals surface area contributed by atoms with E-state index >= 15 is 0 Å². The van der Waals surface area contributed by atoms with E-state index in [2.05, 4.69) is 32.5 Å². The number of carboxylic acids is 1. The topological polar surface area (TPSA) is 146 Å². The van der Waals surface area contributed by atoms with Gasteiger partial charge < -0.3 is 20.6 Å². The molecule has 4 atom stereocenters. The minimum Gasteiger partial charge on any atom is -0.481 e. The van der Waals surface area contributed by atoms with E-state index in [1.54, 1.807) is 0 Å². The Kier molecular flexibility index (Phi) is 5.39. The van der Waals surface area contributed by atoms with E-state index in [0.717, 1.165) is 25.0 Å². The van der Waals surface area contributed by atoms with E-state index in [1.165, 1.54) is 22.9 Å². The smallest absolute Gasteiger partial charge is 0.309 e. The largest absolute Gasteiger partial charge is 0.481 e. The van der Waals surface area contributed by atoms with E-state index in [4.69, 9.17) is 0 Å². The van der Waals surface area contributed by atoms with Crippen LogP contribution in [-0.2, 0) is 4.79 Å². The predicted octanol–water partition coefficient (Wildman–Crippen LogP) is 1.06. The number of hydrogen-bond acceptors (Lipinski definition) is 9. The summed E-state index contributed by atoms with van der Waals surface area (Å²) in [6, 6.07) is -0.362. The van der Waals surface area contributed by atoms with Gasteiger partial charge in [-0.1, -0.05) is 23.9 Å². The number of carbonyl (C=O) groups is 1. The number of aromatic nitrogens is 5. The van der Waals surface area contributed by atoms with Crippen LogP contribution in [0, 0.1) is 5.92 Å². The zero-order valence-corrected chi connectivity index (χ0v) is 16.3. The van der Waals surface area contributed by atoms with Crippen LogP contribution in [0.5, 0.6) is 0 Å². The SMILES string of the molecule is CCCSc1nc(NC2CCC2)c2nnn([C@@H]3C[C@H](C(=O)O)[C@@H](O)[C@H]3O)c2n1. The van der Waals surface area contributed by atoms with Crippen molar-refractivity contribution in [1.29, 1.82) is 0 Å². The Hall–Kier alpha value is -1.98. The Balaban J connectivity index is 1.72. The molecule has 2 heterocycles. The highest BCUT2D eigenvalue weighted by Gasteiger charge is 2.47. The molecule has 2 fully saturated rings. The average molecular weight is 408 g/mol. The first kappa shape index (κ1) is 19.3. The van der Waals surface area contributed by atoms with Gasteiger partial charge in [0.05, 0.1) is 18.1 Å². The average Bonchev–Trinajstić information content (AvgIpc) is 3.18. The monoisotopic (exact) mass is 408 g/mol. The molecule has 2 aromatic heterocycles. The van der Waals surface area contributed by atoms with Crippen molar-refractivity contribution in [3.8, 4) is 0 Å². The molecule has 2 aliphatic carbocycles. The predicted molar refractivity (Wildman–Crippen MR) is 102 cm³/mol. The maximum Gasteiger partial charge on any atom is 0.309 e. The highest BCUT2D eigenvalue weighted by molar-refractivity contribution is 7.99. The van der Waals surface area contributed by atoms with Gasteiger partial charge in [-0.15, -0.1) is 5.10 Å². The molecule has 2 aliphatic rings. The fourth-order valence-electron chi connectivity index (χ4n) is 3.63. The van der Waals surface area contributed by atoms with Crippen molar-refractivity contribution in [3.63, 3.8) is 0 Å². The van der Waals surface area contributed by atoms with Crippen LogP contribution in [0.25, 0.3) is 11.2 Å². The summed E-state index contributed by atoms with van der Waals surface area (Å²) in [6.45, 7) is 2.08. The van der Waals surface area contributed by atoms with Crippen molar-refractivity contribution >= 4 is 34.7 Å². The Morgan fingerprint density at radius 1 is 1.29 bits per heavy atom. The summed E-state index contributed by atoms with van der Waals surface area (Å²) in [7, 11) is 0. The molecule has 0 spiro atoms. The van der Waals surface area contributed by atoms with Crippen LogP contribution in [0.1, 0.15) is 45.1 Å². The lowest BCUT2D eigenvalue weighted by Crippen LogP contribution is -2.32. The number of aliphatic hydroxyl groups excluding tert-OH is 2. The zero-order valence-electron chi connectivity index (χ0n) is 15.5. The third-order valence-corrected chi connectivity index (χ3v) is 6.52. The maximum atomic E-state index is 11.4. The molecule has 0 bridgehead atoms. The molecule has 28 heavy (non-hydrogen) atoms. The second kappa shape index (κ2) is 7.80. The van der Waals surface area contributed by atoms with Gasteiger partial charge in [0.25, 0.3) is 0 Å². The van der Waals surface area contributed by atoms with Gasteiger partial charge in [0.2, 0.25) is 0 Å². The second-order valence-electron chi connectivity index (χ2n) is 7.41. The Bertz CT molecular complexity index is 873. The fraction of sp³-hybridized carbons (Fsp3) is 0.706. The lowest BCUT2D eigenvalue weighted by Gasteiger charge is -2.27. The summed E-state index contributed by atoms with van der Waals surface area (Å²) in [5.41, 5.74) is 0.936. The van der Waals surface area contributed by atoms with Crippen LogP contribution in [0.2, 0.25) is 0 Å². The third-order valence-electron chi connectivity index (χ3n) is 5.47. The van der Waals surface area contributed by atoms with Crippen LogP contribution in [-0.4, -0.2) is 70.3 Å². The molecule has 2 aromatic rings. The standard InChI is InChI=1S/C17H24N6O4S/c1-2-6-28-17-19-14(18-8-4-3-5-8)11-15(20-17)23(22-21-11)10-7-9(16(26)27)12(24)13(10)25/h8-10,12-13,24-25H,2-7H2,1H3,(H,26,27)(H,18,19,20)/t9-,10+,12+,13-/m0/s1. The van der Waals surface area contributed by atoms with Gasteiger partial charge in [0.15, 0.2) is 22.1 Å². The molecule has 0 amide bonds. The van der Waals surface area contributed by atoms with E-state index in [1.807, 2.05) is 0 Å². The number of hydrogen-bond donors (Lipinski definition) is 4. The number of aliphatic hydroxyl groups is 2. The summed E-state index contributed by atoms with van der Waals surface area (Å²) in [5, 5.41) is 42.1. The quantitative estimate of drug-likeness (QED) is 0.387. The van der Waals surface area contributed by atoms with E-state index in [9.17, 15) is 20.1 Å². The molecule has 0 saturated heterocycles. The number of carboxylic acid groups (broad SMARTS) is 1. The zero-order chi connectivity index (χ0) is 19.8.